The van der Waals surface area contributed by atoms with Gasteiger partial charge < -0.3 is 0 Å². The molecule has 3 nitrogen and oxygen atoms in total. The molecule has 184 valence electrons. The Kier molecular flexibility index (Phi) is 4.89. The highest BCUT2D eigenvalue weighted by Crippen LogP contribution is 2.39. The zero-order valence-electron chi connectivity index (χ0n) is 21.5. The van der Waals surface area contributed by atoms with Gasteiger partial charge in [0, 0.05) is 27.7 Å². The summed E-state index contributed by atoms with van der Waals surface area (Å²) < 4.78 is 0. The van der Waals surface area contributed by atoms with Gasteiger partial charge in [-0.1, -0.05) is 91.0 Å². The minimum absolute atomic E-state index is 0.696. The van der Waals surface area contributed by atoms with E-state index in [1.807, 2.05) is 36.5 Å². The molecule has 8 rings (SSSR count). The van der Waals surface area contributed by atoms with Crippen LogP contribution in [0.15, 0.2) is 128 Å². The maximum absolute atomic E-state index is 9.65. The fourth-order valence-electron chi connectivity index (χ4n) is 6.02. The quantitative estimate of drug-likeness (QED) is 0.173. The van der Waals surface area contributed by atoms with E-state index in [0.29, 0.717) is 5.56 Å². The summed E-state index contributed by atoms with van der Waals surface area (Å²) in [7, 11) is 0. The van der Waals surface area contributed by atoms with E-state index in [9.17, 15) is 5.26 Å². The molecule has 0 fully saturated rings. The van der Waals surface area contributed by atoms with Gasteiger partial charge in [-0.05, 0) is 68.7 Å². The van der Waals surface area contributed by atoms with E-state index < -0.39 is 0 Å². The third kappa shape index (κ3) is 3.37. The van der Waals surface area contributed by atoms with Gasteiger partial charge in [-0.15, -0.1) is 0 Å². The van der Waals surface area contributed by atoms with Gasteiger partial charge in [-0.2, -0.15) is 5.26 Å². The molecule has 0 saturated heterocycles. The van der Waals surface area contributed by atoms with Gasteiger partial charge in [-0.25, -0.2) is 4.98 Å². The third-order valence-electron chi connectivity index (χ3n) is 7.92. The van der Waals surface area contributed by atoms with Crippen LogP contribution in [0.2, 0.25) is 0 Å². The molecule has 0 bridgehead atoms. The average molecular weight is 508 g/mol. The first kappa shape index (κ1) is 22.4. The Bertz CT molecular complexity index is 2340. The molecule has 0 saturated carbocycles. The Labute approximate surface area is 230 Å². The van der Waals surface area contributed by atoms with Crippen LogP contribution in [0.3, 0.4) is 0 Å². The second-order valence-corrected chi connectivity index (χ2v) is 10.1. The van der Waals surface area contributed by atoms with E-state index in [1.54, 1.807) is 0 Å². The zero-order valence-corrected chi connectivity index (χ0v) is 21.5. The highest BCUT2D eigenvalue weighted by Gasteiger charge is 2.14. The third-order valence-corrected chi connectivity index (χ3v) is 7.92. The van der Waals surface area contributed by atoms with Crippen LogP contribution in [0.5, 0.6) is 0 Å². The standard InChI is InChI=1S/C37H21N3/c38-22-26-13-15-33(30-8-2-1-7-28(26)30)34-17-16-29(31-9-3-4-10-32(31)34)24-14-18-35-27(20-24)21-25-12-11-23-6-5-19-39-36(23)37(25)40-35/h1-21H. The summed E-state index contributed by atoms with van der Waals surface area (Å²) in [5.41, 5.74) is 8.14. The molecule has 0 radical (unpaired) electrons. The van der Waals surface area contributed by atoms with Gasteiger partial charge in [0.2, 0.25) is 0 Å². The average Bonchev–Trinajstić information content (AvgIpc) is 3.02. The van der Waals surface area contributed by atoms with Crippen molar-refractivity contribution in [3.8, 4) is 28.3 Å². The van der Waals surface area contributed by atoms with Gasteiger partial charge in [0.05, 0.1) is 28.2 Å². The largest absolute Gasteiger partial charge is 0.254 e. The van der Waals surface area contributed by atoms with Crippen molar-refractivity contribution in [1.82, 2.24) is 9.97 Å². The summed E-state index contributed by atoms with van der Waals surface area (Å²) in [6.07, 6.45) is 1.83. The molecule has 2 heterocycles. The van der Waals surface area contributed by atoms with E-state index in [-0.39, 0.29) is 0 Å². The van der Waals surface area contributed by atoms with Crippen LogP contribution < -0.4 is 0 Å². The summed E-state index contributed by atoms with van der Waals surface area (Å²) in [6.45, 7) is 0. The summed E-state index contributed by atoms with van der Waals surface area (Å²) in [5, 5.41) is 17.4. The number of fused-ring (bicyclic) bond motifs is 6. The molecule has 0 N–H and O–H groups in total. The molecule has 0 spiro atoms. The van der Waals surface area contributed by atoms with Gasteiger partial charge in [0.15, 0.2) is 0 Å². The normalized spacial score (nSPS) is 11.5. The Hall–Kier alpha value is -5.59. The summed E-state index contributed by atoms with van der Waals surface area (Å²) in [6, 6.07) is 44.5. The van der Waals surface area contributed by atoms with E-state index in [1.165, 1.54) is 16.3 Å². The van der Waals surface area contributed by atoms with Crippen molar-refractivity contribution in [3.05, 3.63) is 133 Å². The van der Waals surface area contributed by atoms with Crippen LogP contribution in [-0.2, 0) is 0 Å². The molecular weight excluding hydrogens is 486 g/mol. The summed E-state index contributed by atoms with van der Waals surface area (Å²) in [5.74, 6) is 0. The molecule has 0 amide bonds. The Balaban J connectivity index is 1.32. The Morgan fingerprint density at radius 1 is 0.500 bits per heavy atom. The minimum atomic E-state index is 0.696. The second kappa shape index (κ2) is 8.73. The monoisotopic (exact) mass is 507 g/mol. The fourth-order valence-corrected chi connectivity index (χ4v) is 6.02. The lowest BCUT2D eigenvalue weighted by atomic mass is 9.89. The smallest absolute Gasteiger partial charge is 0.0998 e. The van der Waals surface area contributed by atoms with Crippen LogP contribution in [-0.4, -0.2) is 9.97 Å². The maximum Gasteiger partial charge on any atom is 0.0998 e. The van der Waals surface area contributed by atoms with Crippen LogP contribution >= 0.6 is 0 Å². The van der Waals surface area contributed by atoms with Crippen molar-refractivity contribution >= 4 is 54.3 Å². The predicted molar refractivity (Wildman–Crippen MR) is 165 cm³/mol. The van der Waals surface area contributed by atoms with Gasteiger partial charge >= 0.3 is 0 Å². The SMILES string of the molecule is N#Cc1ccc(-c2ccc(-c3ccc4nc5c(ccc6cccnc65)cc4c3)c3ccccc23)c2ccccc12. The first-order valence-corrected chi connectivity index (χ1v) is 13.3. The Morgan fingerprint density at radius 2 is 1.18 bits per heavy atom. The molecule has 0 aliphatic rings. The maximum atomic E-state index is 9.65. The molecule has 40 heavy (non-hydrogen) atoms. The van der Waals surface area contributed by atoms with Crippen molar-refractivity contribution in [2.45, 2.75) is 0 Å². The number of nitrogens with zero attached hydrogens (tertiary/aromatic N) is 3. The number of nitriles is 1. The van der Waals surface area contributed by atoms with Crippen LogP contribution in [0, 0.1) is 11.3 Å². The van der Waals surface area contributed by atoms with Gasteiger partial charge in [0.1, 0.15) is 0 Å². The molecular formula is C37H21N3. The molecule has 6 aromatic carbocycles. The van der Waals surface area contributed by atoms with E-state index in [4.69, 9.17) is 4.98 Å². The second-order valence-electron chi connectivity index (χ2n) is 10.1. The van der Waals surface area contributed by atoms with Gasteiger partial charge in [0.25, 0.3) is 0 Å². The van der Waals surface area contributed by atoms with Crippen molar-refractivity contribution < 1.29 is 0 Å². The van der Waals surface area contributed by atoms with Crippen molar-refractivity contribution in [2.24, 2.45) is 0 Å². The highest BCUT2D eigenvalue weighted by molar-refractivity contribution is 6.11. The topological polar surface area (TPSA) is 49.6 Å². The Morgan fingerprint density at radius 3 is 1.98 bits per heavy atom. The lowest BCUT2D eigenvalue weighted by Crippen LogP contribution is -1.90. The van der Waals surface area contributed by atoms with Crippen LogP contribution in [0.4, 0.5) is 0 Å². The number of hydrogen-bond donors (Lipinski definition) is 0. The number of hydrogen-bond acceptors (Lipinski definition) is 3. The molecule has 0 aliphatic heterocycles. The van der Waals surface area contributed by atoms with Crippen LogP contribution in [0.1, 0.15) is 5.56 Å². The highest BCUT2D eigenvalue weighted by atomic mass is 14.7. The number of benzene rings is 6. The number of rotatable bonds is 2. The fraction of sp³-hybridized carbons (Fsp3) is 0. The number of aromatic nitrogens is 2. The predicted octanol–water partition coefficient (Wildman–Crippen LogP) is 9.45. The van der Waals surface area contributed by atoms with E-state index in [0.717, 1.165) is 60.2 Å². The lowest BCUT2D eigenvalue weighted by molar-refractivity contribution is 1.40. The minimum Gasteiger partial charge on any atom is -0.254 e. The van der Waals surface area contributed by atoms with E-state index >= 15 is 0 Å². The molecule has 0 unspecified atom stereocenters. The first-order chi connectivity index (χ1) is 19.8. The zero-order chi connectivity index (χ0) is 26.6. The molecule has 8 aromatic rings. The summed E-state index contributed by atoms with van der Waals surface area (Å²) >= 11 is 0. The molecule has 0 aliphatic carbocycles. The van der Waals surface area contributed by atoms with Gasteiger partial charge in [-0.3, -0.25) is 4.98 Å². The lowest BCUT2D eigenvalue weighted by Gasteiger charge is -2.15. The molecule has 0 atom stereocenters. The van der Waals surface area contributed by atoms with Crippen molar-refractivity contribution in [2.75, 3.05) is 0 Å². The molecule has 3 heteroatoms. The van der Waals surface area contributed by atoms with Crippen LogP contribution in [0.25, 0.3) is 76.5 Å². The summed E-state index contributed by atoms with van der Waals surface area (Å²) in [4.78, 5) is 9.61. The number of pyridine rings is 2. The first-order valence-electron chi connectivity index (χ1n) is 13.3. The molecule has 2 aromatic heterocycles. The van der Waals surface area contributed by atoms with Crippen molar-refractivity contribution in [1.29, 1.82) is 5.26 Å². The van der Waals surface area contributed by atoms with E-state index in [2.05, 4.69) is 102 Å². The van der Waals surface area contributed by atoms with Crippen molar-refractivity contribution in [3.63, 3.8) is 0 Å².